The molecule has 1 aromatic heterocycles. The fourth-order valence-electron chi connectivity index (χ4n) is 4.36. The molecule has 0 spiro atoms. The lowest BCUT2D eigenvalue weighted by molar-refractivity contribution is 0.628. The van der Waals surface area contributed by atoms with E-state index in [1.165, 1.54) is 22.7 Å². The second kappa shape index (κ2) is 8.52. The van der Waals surface area contributed by atoms with Crippen molar-refractivity contribution in [2.24, 2.45) is 4.74 Å². The number of hydrogen-bond acceptors (Lipinski definition) is 2. The van der Waals surface area contributed by atoms with Crippen molar-refractivity contribution in [1.82, 2.24) is 9.78 Å². The van der Waals surface area contributed by atoms with Gasteiger partial charge in [0, 0.05) is 17.5 Å². The van der Waals surface area contributed by atoms with Crippen molar-refractivity contribution in [1.29, 1.82) is 0 Å². The molecule has 0 radical (unpaired) electrons. The van der Waals surface area contributed by atoms with E-state index >= 15 is 0 Å². The third-order valence-corrected chi connectivity index (χ3v) is 10.6. The monoisotopic (exact) mass is 445 g/mol. The number of halogens is 1. The van der Waals surface area contributed by atoms with Gasteiger partial charge in [-0.15, -0.1) is 0 Å². The minimum atomic E-state index is -2.38. The Morgan fingerprint density at radius 1 is 0.812 bits per heavy atom. The number of rotatable bonds is 4. The SMILES string of the molecule is Cc1nn(-c2ccccc2)c(C)c1[P@@](=Nc1ccc(F)cc1)(c1ccccc1)C(C)(C)C. The minimum absolute atomic E-state index is 0.192. The van der Waals surface area contributed by atoms with E-state index in [4.69, 9.17) is 9.84 Å². The zero-order valence-corrected chi connectivity index (χ0v) is 20.1. The van der Waals surface area contributed by atoms with Gasteiger partial charge in [-0.3, -0.25) is 4.74 Å². The summed E-state index contributed by atoms with van der Waals surface area (Å²) in [6.07, 6.45) is 0. The summed E-state index contributed by atoms with van der Waals surface area (Å²) in [5, 5.41) is 7.15. The van der Waals surface area contributed by atoms with Crippen molar-refractivity contribution in [2.75, 3.05) is 0 Å². The molecule has 164 valence electrons. The maximum absolute atomic E-state index is 13.7. The number of nitrogens with zero attached hydrogens (tertiary/aromatic N) is 3. The van der Waals surface area contributed by atoms with Gasteiger partial charge in [-0.05, 0) is 55.6 Å². The van der Waals surface area contributed by atoms with Crippen LogP contribution in [0.15, 0.2) is 89.7 Å². The first-order valence-corrected chi connectivity index (χ1v) is 12.5. The Bertz CT molecular complexity index is 1270. The quantitative estimate of drug-likeness (QED) is 0.314. The zero-order valence-electron chi connectivity index (χ0n) is 19.2. The molecule has 1 heterocycles. The molecule has 0 bridgehead atoms. The predicted molar refractivity (Wildman–Crippen MR) is 134 cm³/mol. The highest BCUT2D eigenvalue weighted by molar-refractivity contribution is 7.82. The second-order valence-corrected chi connectivity index (χ2v) is 12.8. The third kappa shape index (κ3) is 3.84. The van der Waals surface area contributed by atoms with Crippen LogP contribution in [-0.2, 0) is 0 Å². The molecule has 0 saturated heterocycles. The van der Waals surface area contributed by atoms with E-state index in [0.29, 0.717) is 0 Å². The summed E-state index contributed by atoms with van der Waals surface area (Å²) >= 11 is 0. The van der Waals surface area contributed by atoms with Gasteiger partial charge in [-0.25, -0.2) is 9.07 Å². The van der Waals surface area contributed by atoms with Gasteiger partial charge in [0.05, 0.1) is 22.8 Å². The normalized spacial score (nSPS) is 13.6. The van der Waals surface area contributed by atoms with E-state index in [-0.39, 0.29) is 11.0 Å². The lowest BCUT2D eigenvalue weighted by atomic mass is 10.2. The molecular weight excluding hydrogens is 416 g/mol. The van der Waals surface area contributed by atoms with Gasteiger partial charge in [0.1, 0.15) is 5.82 Å². The Hall–Kier alpha value is -2.97. The van der Waals surface area contributed by atoms with Gasteiger partial charge in [-0.2, -0.15) is 5.10 Å². The number of benzene rings is 3. The molecule has 0 aliphatic heterocycles. The van der Waals surface area contributed by atoms with Crippen LogP contribution < -0.4 is 10.6 Å². The molecule has 0 unspecified atom stereocenters. The molecule has 0 aliphatic rings. The Morgan fingerprint density at radius 3 is 1.94 bits per heavy atom. The van der Waals surface area contributed by atoms with E-state index < -0.39 is 7.05 Å². The molecule has 3 nitrogen and oxygen atoms in total. The first-order chi connectivity index (χ1) is 15.2. The third-order valence-electron chi connectivity index (χ3n) is 5.77. The molecule has 1 atom stereocenters. The first kappa shape index (κ1) is 22.2. The lowest BCUT2D eigenvalue weighted by Gasteiger charge is -2.38. The van der Waals surface area contributed by atoms with Gasteiger partial charge in [-0.1, -0.05) is 69.3 Å². The van der Waals surface area contributed by atoms with Crippen molar-refractivity contribution >= 4 is 23.4 Å². The van der Waals surface area contributed by atoms with Crippen molar-refractivity contribution in [3.05, 3.63) is 102 Å². The van der Waals surface area contributed by atoms with E-state index in [2.05, 4.69) is 71.0 Å². The van der Waals surface area contributed by atoms with Gasteiger partial charge in [0.2, 0.25) is 0 Å². The number of aromatic nitrogens is 2. The molecular formula is C27H29FN3P. The number of aryl methyl sites for hydroxylation is 1. The Morgan fingerprint density at radius 2 is 1.38 bits per heavy atom. The van der Waals surface area contributed by atoms with Crippen LogP contribution >= 0.6 is 7.05 Å². The molecule has 0 fully saturated rings. The van der Waals surface area contributed by atoms with E-state index in [1.807, 2.05) is 28.9 Å². The topological polar surface area (TPSA) is 30.2 Å². The van der Waals surface area contributed by atoms with Crippen LogP contribution in [0, 0.1) is 19.7 Å². The molecule has 0 amide bonds. The molecule has 4 rings (SSSR count). The van der Waals surface area contributed by atoms with Crippen LogP contribution in [-0.4, -0.2) is 14.9 Å². The average Bonchev–Trinajstić information content (AvgIpc) is 3.08. The Balaban J connectivity index is 2.12. The predicted octanol–water partition coefficient (Wildman–Crippen LogP) is 6.91. The summed E-state index contributed by atoms with van der Waals surface area (Å²) in [6, 6.07) is 27.2. The van der Waals surface area contributed by atoms with Crippen LogP contribution in [0.25, 0.3) is 5.69 Å². The largest absolute Gasteiger partial charge is 0.258 e. The van der Waals surface area contributed by atoms with Crippen molar-refractivity contribution in [3.8, 4) is 5.69 Å². The molecule has 0 aliphatic carbocycles. The smallest absolute Gasteiger partial charge is 0.123 e. The highest BCUT2D eigenvalue weighted by Crippen LogP contribution is 2.61. The zero-order chi connectivity index (χ0) is 22.9. The van der Waals surface area contributed by atoms with Crippen LogP contribution in [0.3, 0.4) is 0 Å². The van der Waals surface area contributed by atoms with E-state index in [1.54, 1.807) is 12.1 Å². The molecule has 0 saturated carbocycles. The van der Waals surface area contributed by atoms with Crippen molar-refractivity contribution in [2.45, 2.75) is 39.8 Å². The maximum atomic E-state index is 13.7. The lowest BCUT2D eigenvalue weighted by Crippen LogP contribution is -2.32. The molecule has 5 heteroatoms. The highest BCUT2D eigenvalue weighted by atomic mass is 31.2. The molecule has 4 aromatic rings. The Labute approximate surface area is 190 Å². The summed E-state index contributed by atoms with van der Waals surface area (Å²) in [7, 11) is -2.38. The van der Waals surface area contributed by atoms with Crippen LogP contribution in [0.1, 0.15) is 32.2 Å². The molecule has 3 aromatic carbocycles. The van der Waals surface area contributed by atoms with Crippen LogP contribution in [0.5, 0.6) is 0 Å². The summed E-state index contributed by atoms with van der Waals surface area (Å²) in [5.41, 5.74) is 3.88. The van der Waals surface area contributed by atoms with E-state index in [9.17, 15) is 4.39 Å². The van der Waals surface area contributed by atoms with E-state index in [0.717, 1.165) is 22.8 Å². The fourth-order valence-corrected chi connectivity index (χ4v) is 8.74. The standard InChI is InChI=1S/C27H29FN3P/c1-20-26(21(2)31(29-20)24-12-8-6-9-13-24)32(27(3,4)5,25-14-10-7-11-15-25)30-23-18-16-22(28)17-19-23/h6-19H,1-5H3/t32-/m0/s1. The van der Waals surface area contributed by atoms with Crippen LogP contribution in [0.4, 0.5) is 10.1 Å². The summed E-state index contributed by atoms with van der Waals surface area (Å²) in [4.78, 5) is 0. The van der Waals surface area contributed by atoms with Gasteiger partial charge in [0.25, 0.3) is 0 Å². The molecule has 32 heavy (non-hydrogen) atoms. The van der Waals surface area contributed by atoms with Gasteiger partial charge < -0.3 is 0 Å². The number of hydrogen-bond donors (Lipinski definition) is 0. The summed E-state index contributed by atoms with van der Waals surface area (Å²) in [5.74, 6) is -0.257. The van der Waals surface area contributed by atoms with Crippen molar-refractivity contribution in [3.63, 3.8) is 0 Å². The summed E-state index contributed by atoms with van der Waals surface area (Å²) in [6.45, 7) is 11.0. The average molecular weight is 446 g/mol. The van der Waals surface area contributed by atoms with Gasteiger partial charge in [0.15, 0.2) is 0 Å². The highest BCUT2D eigenvalue weighted by Gasteiger charge is 2.41. The van der Waals surface area contributed by atoms with Crippen molar-refractivity contribution < 1.29 is 4.39 Å². The molecule has 0 N–H and O–H groups in total. The fraction of sp³-hybridized carbons (Fsp3) is 0.222. The summed E-state index contributed by atoms with van der Waals surface area (Å²) < 4.78 is 21.2. The van der Waals surface area contributed by atoms with Crippen LogP contribution in [0.2, 0.25) is 0 Å². The van der Waals surface area contributed by atoms with Gasteiger partial charge >= 0.3 is 0 Å². The maximum Gasteiger partial charge on any atom is 0.123 e. The second-order valence-electron chi connectivity index (χ2n) is 8.98. The minimum Gasteiger partial charge on any atom is -0.258 e. The Kier molecular flexibility index (Phi) is 5.92. The number of para-hydroxylation sites is 1. The first-order valence-electron chi connectivity index (χ1n) is 10.8.